The third-order valence-electron chi connectivity index (χ3n) is 17.3. The van der Waals surface area contributed by atoms with E-state index in [1.807, 2.05) is 0 Å². The number of sulfonamides is 1. The SMILES string of the molecule is COc1cc(C(N)CS)c([N+](=O)[O-])cc1OCCCC(=O)N[C@@H](CCCCN)C(=O)N[C@@H](CCCCNC(=O)CCCCCNS(=O)(=O)c1ccc(C2=c3cc4c5c(c3Oc3c2cc2c6c3CCCN6CCC2)CCC[N+]=5CCC4)c(S(=O)(=O)O)c1)C(N)=O. The van der Waals surface area contributed by atoms with E-state index in [4.69, 9.17) is 31.4 Å². The number of hydrogen-bond donors (Lipinski definition) is 9. The number of methoxy groups -OCH3 is 1. The molecule has 11 N–H and O–H groups in total. The minimum absolute atomic E-state index is 0.00398. The molecule has 482 valence electrons. The van der Waals surface area contributed by atoms with Gasteiger partial charge in [-0.25, -0.2) is 17.7 Å². The molecular weight excluding hydrogens is 1200 g/mol. The molecule has 4 aromatic carbocycles. The van der Waals surface area contributed by atoms with Gasteiger partial charge in [0.1, 0.15) is 41.6 Å². The number of aryl methyl sites for hydroxylation is 2. The van der Waals surface area contributed by atoms with Gasteiger partial charge in [0.2, 0.25) is 39.0 Å². The van der Waals surface area contributed by atoms with Gasteiger partial charge in [-0.3, -0.25) is 33.8 Å². The standard InChI is InChI=1S/C62H82N10O14S3/c1-84-51-35-44(47(64)37-87)50(72(77)78)36-52(51)85-31-13-21-55(74)68-49(19-4-6-24-63)62(76)69-48(61(65)75)18-5-8-25-66-54(73)20-3-2-7-26-67-88(79,80)40-22-23-41(53(34-40)89(81,82)83)56-45-32-38-14-9-27-70-29-11-16-42(57(38)70)59(45)86-60-43-17-12-30-71-28-10-15-39(58(43)71)33-46(56)60/h22-23,32-36,47-49,67H,2-21,24-31,37,63-64H2,1H3,(H6-,65,66,68,69,73,74,75,76,81,82,83,87)/p+1/t47?,48-,49-/m0/s1. The molecule has 0 aromatic heterocycles. The summed E-state index contributed by atoms with van der Waals surface area (Å²) >= 11 is 4.15. The molecule has 1 unspecified atom stereocenters. The van der Waals surface area contributed by atoms with Crippen molar-refractivity contribution in [1.82, 2.24) is 25.2 Å². The number of ether oxygens (including phenoxy) is 3. The number of rotatable bonds is 32. The van der Waals surface area contributed by atoms with Gasteiger partial charge >= 0.3 is 0 Å². The fourth-order valence-corrected chi connectivity index (χ4v) is 15.0. The number of anilines is 1. The highest BCUT2D eigenvalue weighted by Crippen LogP contribution is 2.49. The van der Waals surface area contributed by atoms with Crippen LogP contribution in [0.15, 0.2) is 52.3 Å². The summed E-state index contributed by atoms with van der Waals surface area (Å²) in [4.78, 5) is 64.6. The van der Waals surface area contributed by atoms with Crippen LogP contribution in [0.4, 0.5) is 11.4 Å². The molecule has 5 aliphatic heterocycles. The quantitative estimate of drug-likeness (QED) is 0.00739. The van der Waals surface area contributed by atoms with Gasteiger partial charge in [-0.2, -0.15) is 21.0 Å². The minimum atomic E-state index is -4.99. The fraction of sp³-hybridized carbons (Fsp3) is 0.532. The summed E-state index contributed by atoms with van der Waals surface area (Å²) in [5.41, 5.74) is 24.6. The first-order chi connectivity index (χ1) is 42.7. The zero-order valence-electron chi connectivity index (χ0n) is 50.4. The molecule has 4 amide bonds. The highest BCUT2D eigenvalue weighted by atomic mass is 32.2. The van der Waals surface area contributed by atoms with Crippen molar-refractivity contribution in [1.29, 1.82) is 0 Å². The first-order valence-corrected chi connectivity index (χ1v) is 34.5. The molecule has 0 saturated heterocycles. The number of nitrogens with two attached hydrogens (primary N) is 3. The van der Waals surface area contributed by atoms with Crippen LogP contribution >= 0.6 is 12.6 Å². The Bertz CT molecular complexity index is 3730. The van der Waals surface area contributed by atoms with Crippen molar-refractivity contribution >= 4 is 73.3 Å². The highest BCUT2D eigenvalue weighted by molar-refractivity contribution is 7.89. The number of nitrogens with one attached hydrogen (secondary N) is 4. The van der Waals surface area contributed by atoms with E-state index in [0.717, 1.165) is 117 Å². The largest absolute Gasteiger partial charge is 0.493 e. The fourth-order valence-electron chi connectivity index (χ4n) is 13.0. The molecule has 0 bridgehead atoms. The second kappa shape index (κ2) is 29.8. The first kappa shape index (κ1) is 66.5. The number of nitro benzene ring substituents is 1. The van der Waals surface area contributed by atoms with Crippen LogP contribution in [0.2, 0.25) is 0 Å². The van der Waals surface area contributed by atoms with Gasteiger partial charge in [0, 0.05) is 102 Å². The van der Waals surface area contributed by atoms with E-state index >= 15 is 0 Å². The molecule has 89 heavy (non-hydrogen) atoms. The lowest BCUT2D eigenvalue weighted by molar-refractivity contribution is -0.385. The van der Waals surface area contributed by atoms with Gasteiger partial charge in [-0.05, 0) is 139 Å². The number of primary amides is 1. The number of nitrogens with zero attached hydrogens (tertiary/aromatic N) is 3. The van der Waals surface area contributed by atoms with E-state index in [1.165, 1.54) is 42.4 Å². The predicted molar refractivity (Wildman–Crippen MR) is 338 cm³/mol. The Morgan fingerprint density at radius 2 is 1.51 bits per heavy atom. The van der Waals surface area contributed by atoms with Gasteiger partial charge in [0.05, 0.1) is 40.7 Å². The van der Waals surface area contributed by atoms with Crippen LogP contribution in [0.1, 0.15) is 148 Å². The molecule has 27 heteroatoms. The van der Waals surface area contributed by atoms with Crippen molar-refractivity contribution < 1.29 is 59.7 Å². The third-order valence-corrected chi connectivity index (χ3v) is 20.0. The molecule has 5 heterocycles. The molecule has 4 aromatic rings. The smallest absolute Gasteiger partial charge is 0.295 e. The molecule has 5 aliphatic rings. The first-order valence-electron chi connectivity index (χ1n) is 31.0. The summed E-state index contributed by atoms with van der Waals surface area (Å²) in [7, 11) is -7.89. The zero-order chi connectivity index (χ0) is 63.6. The Morgan fingerprint density at radius 1 is 0.798 bits per heavy atom. The van der Waals surface area contributed by atoms with E-state index in [0.29, 0.717) is 68.6 Å². The van der Waals surface area contributed by atoms with E-state index in [2.05, 4.69) is 54.9 Å². The van der Waals surface area contributed by atoms with Gasteiger partial charge in [0.25, 0.3) is 15.8 Å². The van der Waals surface area contributed by atoms with Crippen LogP contribution in [0.25, 0.3) is 5.57 Å². The lowest BCUT2D eigenvalue weighted by Crippen LogP contribution is -2.53. The summed E-state index contributed by atoms with van der Waals surface area (Å²) < 4.78 is 89.1. The normalized spacial score (nSPS) is 15.9. The van der Waals surface area contributed by atoms with Gasteiger partial charge in [-0.1, -0.05) is 12.5 Å². The second-order valence-electron chi connectivity index (χ2n) is 23.5. The number of carbonyl (C=O) groups excluding carboxylic acids is 4. The van der Waals surface area contributed by atoms with E-state index in [9.17, 15) is 50.7 Å². The van der Waals surface area contributed by atoms with Crippen LogP contribution in [0, 0.1) is 10.1 Å². The topological polar surface area (TPSA) is 360 Å². The van der Waals surface area contributed by atoms with E-state index in [-0.39, 0.29) is 96.7 Å². The van der Waals surface area contributed by atoms with Crippen LogP contribution < -0.4 is 72.1 Å². The molecular formula is C62H83N10O14S3+. The zero-order valence-corrected chi connectivity index (χ0v) is 52.9. The number of fused-ring (bicyclic) bond motifs is 4. The predicted octanol–water partition coefficient (Wildman–Crippen LogP) is 3.78. The number of unbranched alkanes of at least 4 members (excludes halogenated alkanes) is 4. The van der Waals surface area contributed by atoms with Crippen molar-refractivity contribution in [2.24, 2.45) is 17.2 Å². The van der Waals surface area contributed by atoms with Gasteiger partial charge < -0.3 is 52.3 Å². The number of benzene rings is 4. The molecule has 24 nitrogen and oxygen atoms in total. The molecule has 0 spiro atoms. The maximum Gasteiger partial charge on any atom is 0.295 e. The Balaban J connectivity index is 0.746. The summed E-state index contributed by atoms with van der Waals surface area (Å²) in [6.45, 7) is 4.43. The Labute approximate surface area is 524 Å². The van der Waals surface area contributed by atoms with Crippen LogP contribution in [0.3, 0.4) is 0 Å². The van der Waals surface area contributed by atoms with Crippen molar-refractivity contribution in [3.05, 3.63) is 102 Å². The summed E-state index contributed by atoms with van der Waals surface area (Å²) in [5.74, 6) is -0.229. The van der Waals surface area contributed by atoms with Crippen molar-refractivity contribution in [2.45, 2.75) is 156 Å². The molecule has 0 radical (unpaired) electrons. The maximum atomic E-state index is 13.9. The van der Waals surface area contributed by atoms with Crippen molar-refractivity contribution in [3.8, 4) is 23.0 Å². The van der Waals surface area contributed by atoms with E-state index in [1.54, 1.807) is 0 Å². The second-order valence-corrected chi connectivity index (χ2v) is 27.0. The number of carbonyl (C=O) groups is 4. The number of amides is 4. The lowest BCUT2D eigenvalue weighted by atomic mass is 9.82. The number of hydrogen-bond acceptors (Lipinski definition) is 17. The summed E-state index contributed by atoms with van der Waals surface area (Å²) in [5, 5.41) is 21.9. The van der Waals surface area contributed by atoms with Crippen LogP contribution in [-0.4, -0.2) is 127 Å². The molecule has 3 atom stereocenters. The van der Waals surface area contributed by atoms with Crippen molar-refractivity contribution in [2.75, 3.05) is 70.2 Å². The highest BCUT2D eigenvalue weighted by Gasteiger charge is 2.38. The Morgan fingerprint density at radius 3 is 2.24 bits per heavy atom. The Kier molecular flexibility index (Phi) is 22.3. The molecule has 0 aliphatic carbocycles. The molecule has 9 rings (SSSR count). The summed E-state index contributed by atoms with van der Waals surface area (Å²) in [6, 6.07) is 7.99. The monoisotopic (exact) mass is 1290 g/mol. The van der Waals surface area contributed by atoms with Gasteiger partial charge in [0.15, 0.2) is 11.5 Å². The maximum absolute atomic E-state index is 13.9. The summed E-state index contributed by atoms with van der Waals surface area (Å²) in [6.07, 6.45) is 11.1. The third kappa shape index (κ3) is 15.7. The lowest BCUT2D eigenvalue weighted by Gasteiger charge is -2.39. The van der Waals surface area contributed by atoms with Crippen LogP contribution in [-0.2, 0) is 65.0 Å². The number of nitro groups is 1. The van der Waals surface area contributed by atoms with Crippen LogP contribution in [0.5, 0.6) is 23.0 Å². The molecule has 0 saturated carbocycles. The average molecular weight is 1290 g/mol. The average Bonchev–Trinajstić information content (AvgIpc) is 1.04. The van der Waals surface area contributed by atoms with Crippen molar-refractivity contribution in [3.63, 3.8) is 0 Å². The minimum Gasteiger partial charge on any atom is -0.493 e. The van der Waals surface area contributed by atoms with Gasteiger partial charge in [-0.15, -0.1) is 0 Å². The molecule has 0 fully saturated rings. The Hall–Kier alpha value is -6.88. The van der Waals surface area contributed by atoms with E-state index < -0.39 is 65.8 Å². The number of thiol groups is 1.